The third-order valence-electron chi connectivity index (χ3n) is 5.85. The molecule has 1 saturated heterocycles. The summed E-state index contributed by atoms with van der Waals surface area (Å²) in [5, 5.41) is 8.01. The van der Waals surface area contributed by atoms with Gasteiger partial charge in [-0.3, -0.25) is 5.10 Å². The molecule has 0 radical (unpaired) electrons. The molecule has 4 aromatic rings. The molecule has 5 rings (SSSR count). The first-order valence-electron chi connectivity index (χ1n) is 10.6. The SMILES string of the molecule is CN1CCN(c2ccc(-c3cnc4[nH]nc(-c5ccc(OC(F)(F)F)cc5)c4c3)cc2)CC1. The van der Waals surface area contributed by atoms with Crippen molar-refractivity contribution in [3.05, 3.63) is 60.8 Å². The summed E-state index contributed by atoms with van der Waals surface area (Å²) in [7, 11) is 2.14. The number of piperazine rings is 1. The number of rotatable bonds is 4. The summed E-state index contributed by atoms with van der Waals surface area (Å²) in [5.74, 6) is -0.273. The number of nitrogens with one attached hydrogen (secondary N) is 1. The quantitative estimate of drug-likeness (QED) is 0.474. The highest BCUT2D eigenvalue weighted by Crippen LogP contribution is 2.32. The molecule has 0 saturated carbocycles. The standard InChI is InChI=1S/C24H22F3N5O/c1-31-10-12-32(13-11-31)19-6-2-16(3-7-19)18-14-21-22(29-30-23(21)28-15-18)17-4-8-20(9-5-17)33-24(25,26)27/h2-9,14-15H,10-13H2,1H3,(H,28,29,30). The number of ether oxygens (including phenoxy) is 1. The van der Waals surface area contributed by atoms with Gasteiger partial charge in [0.2, 0.25) is 0 Å². The number of anilines is 1. The minimum absolute atomic E-state index is 0.273. The van der Waals surface area contributed by atoms with Crippen LogP contribution in [0.25, 0.3) is 33.4 Å². The highest BCUT2D eigenvalue weighted by molar-refractivity contribution is 5.93. The van der Waals surface area contributed by atoms with Crippen LogP contribution in [-0.4, -0.2) is 59.7 Å². The number of pyridine rings is 1. The van der Waals surface area contributed by atoms with Crippen LogP contribution in [0.4, 0.5) is 18.9 Å². The summed E-state index contributed by atoms with van der Waals surface area (Å²) in [6, 6.07) is 16.1. The van der Waals surface area contributed by atoms with Gasteiger partial charge >= 0.3 is 6.36 Å². The van der Waals surface area contributed by atoms with E-state index in [1.807, 2.05) is 6.07 Å². The minimum Gasteiger partial charge on any atom is -0.406 e. The fourth-order valence-corrected chi connectivity index (χ4v) is 4.03. The predicted molar refractivity (Wildman–Crippen MR) is 121 cm³/mol. The van der Waals surface area contributed by atoms with Crippen LogP contribution in [0.15, 0.2) is 60.8 Å². The highest BCUT2D eigenvalue weighted by Gasteiger charge is 2.31. The Morgan fingerprint density at radius 1 is 0.879 bits per heavy atom. The molecule has 1 aliphatic heterocycles. The molecular formula is C24H22F3N5O. The molecule has 170 valence electrons. The summed E-state index contributed by atoms with van der Waals surface area (Å²) >= 11 is 0. The van der Waals surface area contributed by atoms with E-state index >= 15 is 0 Å². The van der Waals surface area contributed by atoms with Crippen molar-refractivity contribution in [2.75, 3.05) is 38.1 Å². The summed E-state index contributed by atoms with van der Waals surface area (Å²) in [6.45, 7) is 4.12. The molecule has 2 aromatic heterocycles. The van der Waals surface area contributed by atoms with Crippen molar-refractivity contribution in [1.29, 1.82) is 0 Å². The molecular weight excluding hydrogens is 431 g/mol. The van der Waals surface area contributed by atoms with Gasteiger partial charge in [-0.15, -0.1) is 13.2 Å². The Balaban J connectivity index is 1.40. The highest BCUT2D eigenvalue weighted by atomic mass is 19.4. The van der Waals surface area contributed by atoms with Gasteiger partial charge in [-0.25, -0.2) is 4.98 Å². The lowest BCUT2D eigenvalue weighted by molar-refractivity contribution is -0.274. The fourth-order valence-electron chi connectivity index (χ4n) is 4.03. The number of hydrogen-bond donors (Lipinski definition) is 1. The average Bonchev–Trinajstić information content (AvgIpc) is 3.22. The Morgan fingerprint density at radius 3 is 2.21 bits per heavy atom. The van der Waals surface area contributed by atoms with E-state index < -0.39 is 6.36 Å². The van der Waals surface area contributed by atoms with E-state index in [9.17, 15) is 13.2 Å². The smallest absolute Gasteiger partial charge is 0.406 e. The second-order valence-electron chi connectivity index (χ2n) is 8.10. The third-order valence-corrected chi connectivity index (χ3v) is 5.85. The number of nitrogens with zero attached hydrogens (tertiary/aromatic N) is 4. The molecule has 1 fully saturated rings. The van der Waals surface area contributed by atoms with Crippen molar-refractivity contribution in [2.24, 2.45) is 0 Å². The molecule has 0 aliphatic carbocycles. The van der Waals surface area contributed by atoms with E-state index in [4.69, 9.17) is 0 Å². The maximum Gasteiger partial charge on any atom is 0.573 e. The number of aromatic amines is 1. The van der Waals surface area contributed by atoms with Crippen molar-refractivity contribution < 1.29 is 17.9 Å². The Kier molecular flexibility index (Phi) is 5.41. The monoisotopic (exact) mass is 453 g/mol. The molecule has 2 aromatic carbocycles. The third kappa shape index (κ3) is 4.63. The minimum atomic E-state index is -4.72. The van der Waals surface area contributed by atoms with Crippen molar-refractivity contribution in [2.45, 2.75) is 6.36 Å². The lowest BCUT2D eigenvalue weighted by Gasteiger charge is -2.34. The zero-order valence-electron chi connectivity index (χ0n) is 17.9. The van der Waals surface area contributed by atoms with Crippen molar-refractivity contribution in [1.82, 2.24) is 20.1 Å². The van der Waals surface area contributed by atoms with Crippen LogP contribution >= 0.6 is 0 Å². The van der Waals surface area contributed by atoms with Crippen molar-refractivity contribution >= 4 is 16.7 Å². The molecule has 0 spiro atoms. The molecule has 0 atom stereocenters. The first-order chi connectivity index (χ1) is 15.9. The van der Waals surface area contributed by atoms with Gasteiger partial charge < -0.3 is 14.5 Å². The molecule has 6 nitrogen and oxygen atoms in total. The van der Waals surface area contributed by atoms with E-state index in [1.54, 1.807) is 18.3 Å². The number of benzene rings is 2. The Hall–Kier alpha value is -3.59. The fraction of sp³-hybridized carbons (Fsp3) is 0.250. The van der Waals surface area contributed by atoms with E-state index in [-0.39, 0.29) is 5.75 Å². The van der Waals surface area contributed by atoms with Gasteiger partial charge in [0.15, 0.2) is 5.65 Å². The summed E-state index contributed by atoms with van der Waals surface area (Å²) in [6.07, 6.45) is -2.94. The van der Waals surface area contributed by atoms with Gasteiger partial charge in [-0.2, -0.15) is 5.10 Å². The first kappa shape index (κ1) is 21.3. The van der Waals surface area contributed by atoms with Gasteiger partial charge in [0.1, 0.15) is 11.4 Å². The van der Waals surface area contributed by atoms with Crippen molar-refractivity contribution in [3.63, 3.8) is 0 Å². The summed E-state index contributed by atoms with van der Waals surface area (Å²) in [5.41, 5.74) is 5.06. The molecule has 9 heteroatoms. The zero-order valence-corrected chi connectivity index (χ0v) is 17.9. The second-order valence-corrected chi connectivity index (χ2v) is 8.10. The van der Waals surface area contributed by atoms with Crippen LogP contribution in [0.2, 0.25) is 0 Å². The second kappa shape index (κ2) is 8.40. The van der Waals surface area contributed by atoms with Crippen LogP contribution in [0.3, 0.4) is 0 Å². The molecule has 33 heavy (non-hydrogen) atoms. The Morgan fingerprint density at radius 2 is 1.55 bits per heavy atom. The Labute approximate surface area is 188 Å². The van der Waals surface area contributed by atoms with Gasteiger partial charge in [0.25, 0.3) is 0 Å². The summed E-state index contributed by atoms with van der Waals surface area (Å²) in [4.78, 5) is 9.19. The van der Waals surface area contributed by atoms with E-state index in [1.165, 1.54) is 17.8 Å². The Bertz CT molecular complexity index is 1240. The van der Waals surface area contributed by atoms with E-state index in [0.29, 0.717) is 16.9 Å². The molecule has 3 heterocycles. The van der Waals surface area contributed by atoms with Gasteiger partial charge in [0.05, 0.1) is 0 Å². The molecule has 0 bridgehead atoms. The molecule has 0 amide bonds. The van der Waals surface area contributed by atoms with Crippen LogP contribution in [-0.2, 0) is 0 Å². The predicted octanol–water partition coefficient (Wildman–Crippen LogP) is 4.94. The summed E-state index contributed by atoms with van der Waals surface area (Å²) < 4.78 is 41.2. The number of fused-ring (bicyclic) bond motifs is 1. The lowest BCUT2D eigenvalue weighted by Crippen LogP contribution is -2.44. The normalized spacial score (nSPS) is 15.2. The largest absolute Gasteiger partial charge is 0.573 e. The lowest BCUT2D eigenvalue weighted by atomic mass is 10.0. The van der Waals surface area contributed by atoms with Crippen LogP contribution < -0.4 is 9.64 Å². The zero-order chi connectivity index (χ0) is 23.0. The molecule has 1 aliphatic rings. The van der Waals surface area contributed by atoms with Gasteiger partial charge in [0, 0.05) is 54.6 Å². The topological polar surface area (TPSA) is 57.3 Å². The first-order valence-corrected chi connectivity index (χ1v) is 10.6. The number of aromatic nitrogens is 3. The number of likely N-dealkylation sites (N-methyl/N-ethyl adjacent to an activating group) is 1. The number of H-pyrrole nitrogens is 1. The van der Waals surface area contributed by atoms with Gasteiger partial charge in [-0.05, 0) is 55.1 Å². The van der Waals surface area contributed by atoms with Crippen LogP contribution in [0.5, 0.6) is 5.75 Å². The number of alkyl halides is 3. The van der Waals surface area contributed by atoms with Gasteiger partial charge in [-0.1, -0.05) is 12.1 Å². The maximum atomic E-state index is 12.4. The number of hydrogen-bond acceptors (Lipinski definition) is 5. The molecule has 1 N–H and O–H groups in total. The van der Waals surface area contributed by atoms with Crippen molar-refractivity contribution in [3.8, 4) is 28.1 Å². The van der Waals surface area contributed by atoms with Crippen LogP contribution in [0, 0.1) is 0 Å². The molecule has 0 unspecified atom stereocenters. The average molecular weight is 453 g/mol. The van der Waals surface area contributed by atoms with E-state index in [0.717, 1.165) is 42.7 Å². The number of halogens is 3. The maximum absolute atomic E-state index is 12.4. The van der Waals surface area contributed by atoms with Crippen LogP contribution in [0.1, 0.15) is 0 Å². The van der Waals surface area contributed by atoms with E-state index in [2.05, 4.69) is 61.0 Å².